The molecular weight excluding hydrogens is 328 g/mol. The molecule has 148 valence electrons. The van der Waals surface area contributed by atoms with Crippen molar-refractivity contribution in [2.75, 3.05) is 13.2 Å². The van der Waals surface area contributed by atoms with E-state index in [0.29, 0.717) is 24.4 Å². The smallest absolute Gasteiger partial charge is 0.333 e. The highest BCUT2D eigenvalue weighted by Gasteiger charge is 2.48. The van der Waals surface area contributed by atoms with Crippen LogP contribution in [0.1, 0.15) is 66.2 Å². The van der Waals surface area contributed by atoms with Crippen molar-refractivity contribution in [1.29, 1.82) is 0 Å². The molecule has 3 aliphatic carbocycles. The van der Waals surface area contributed by atoms with Crippen molar-refractivity contribution in [2.24, 2.45) is 23.7 Å². The maximum Gasteiger partial charge on any atom is 0.333 e. The highest BCUT2D eigenvalue weighted by molar-refractivity contribution is 5.87. The van der Waals surface area contributed by atoms with Crippen LogP contribution in [0.4, 0.5) is 0 Å². The molecular formula is C22H36O4. The maximum absolute atomic E-state index is 10.4. The lowest BCUT2D eigenvalue weighted by molar-refractivity contribution is -0.139. The molecule has 4 nitrogen and oxygen atoms in total. The summed E-state index contributed by atoms with van der Waals surface area (Å²) in [4.78, 5) is 20.8. The molecule has 4 atom stereocenters. The number of carbonyl (C=O) groups is 2. The molecule has 3 fully saturated rings. The Hall–Kier alpha value is -1.58. The van der Waals surface area contributed by atoms with E-state index in [4.69, 9.17) is 0 Å². The summed E-state index contributed by atoms with van der Waals surface area (Å²) in [5, 5.41) is 0. The number of ether oxygens (including phenoxy) is 2. The summed E-state index contributed by atoms with van der Waals surface area (Å²) >= 11 is 0. The number of hydrogen-bond acceptors (Lipinski definition) is 4. The van der Waals surface area contributed by atoms with E-state index < -0.39 is 0 Å². The van der Waals surface area contributed by atoms with Gasteiger partial charge in [-0.1, -0.05) is 19.6 Å². The Labute approximate surface area is 159 Å². The van der Waals surface area contributed by atoms with Gasteiger partial charge in [0.1, 0.15) is 0 Å². The fraction of sp³-hybridized carbons (Fsp3) is 0.727. The fourth-order valence-corrected chi connectivity index (χ4v) is 4.53. The number of hydrogen-bond donors (Lipinski definition) is 0. The van der Waals surface area contributed by atoms with Crippen LogP contribution < -0.4 is 0 Å². The Bertz CT molecular complexity index is 464. The monoisotopic (exact) mass is 364 g/mol. The van der Waals surface area contributed by atoms with Gasteiger partial charge in [-0.15, -0.1) is 0 Å². The van der Waals surface area contributed by atoms with Crippen molar-refractivity contribution < 1.29 is 19.1 Å². The second kappa shape index (κ2) is 11.2. The van der Waals surface area contributed by atoms with Crippen molar-refractivity contribution in [3.8, 4) is 0 Å². The second-order valence-corrected chi connectivity index (χ2v) is 7.59. The lowest BCUT2D eigenvalue weighted by Gasteiger charge is -2.23. The van der Waals surface area contributed by atoms with Gasteiger partial charge >= 0.3 is 11.9 Å². The van der Waals surface area contributed by atoms with E-state index in [2.05, 4.69) is 22.6 Å². The molecule has 0 amide bonds. The Balaban J connectivity index is 0.000000199. The fourth-order valence-electron chi connectivity index (χ4n) is 4.53. The van der Waals surface area contributed by atoms with Gasteiger partial charge in [-0.25, -0.2) is 9.59 Å². The molecule has 3 saturated carbocycles. The van der Waals surface area contributed by atoms with Crippen LogP contribution in [-0.4, -0.2) is 25.2 Å². The molecule has 4 heteroatoms. The first-order valence-electron chi connectivity index (χ1n) is 9.96. The van der Waals surface area contributed by atoms with E-state index in [-0.39, 0.29) is 11.9 Å². The van der Waals surface area contributed by atoms with Gasteiger partial charge in [-0.05, 0) is 83.5 Å². The SMILES string of the molecule is C1CC2C3CCC(C3)C2C1.C=C(C)C(=O)OCC.C=C(C)C(=O)OCC. The first-order chi connectivity index (χ1) is 12.3. The summed E-state index contributed by atoms with van der Waals surface area (Å²) < 4.78 is 9.13. The van der Waals surface area contributed by atoms with Crippen molar-refractivity contribution in [1.82, 2.24) is 0 Å². The average molecular weight is 365 g/mol. The summed E-state index contributed by atoms with van der Waals surface area (Å²) in [5.41, 5.74) is 0.902. The lowest BCUT2D eigenvalue weighted by Crippen LogP contribution is -2.15. The first-order valence-corrected chi connectivity index (χ1v) is 9.96. The summed E-state index contributed by atoms with van der Waals surface area (Å²) in [6.07, 6.45) is 9.53. The Morgan fingerprint density at radius 3 is 1.46 bits per heavy atom. The van der Waals surface area contributed by atoms with Crippen LogP contribution in [0, 0.1) is 23.7 Å². The number of fused-ring (bicyclic) bond motifs is 5. The van der Waals surface area contributed by atoms with Crippen LogP contribution in [-0.2, 0) is 19.1 Å². The third-order valence-corrected chi connectivity index (χ3v) is 5.60. The van der Waals surface area contributed by atoms with Gasteiger partial charge in [-0.2, -0.15) is 0 Å². The highest BCUT2D eigenvalue weighted by Crippen LogP contribution is 2.58. The predicted octanol–water partition coefficient (Wildman–Crippen LogP) is 5.08. The minimum atomic E-state index is -0.312. The maximum atomic E-state index is 10.4. The molecule has 0 aliphatic heterocycles. The third kappa shape index (κ3) is 6.62. The molecule has 0 aromatic rings. The van der Waals surface area contributed by atoms with Gasteiger partial charge in [0.25, 0.3) is 0 Å². The van der Waals surface area contributed by atoms with Crippen molar-refractivity contribution in [2.45, 2.75) is 66.2 Å². The zero-order valence-corrected chi connectivity index (χ0v) is 17.0. The summed E-state index contributed by atoms with van der Waals surface area (Å²) in [6, 6.07) is 0. The zero-order chi connectivity index (χ0) is 19.7. The Morgan fingerprint density at radius 2 is 1.19 bits per heavy atom. The van der Waals surface area contributed by atoms with E-state index in [1.54, 1.807) is 66.2 Å². The second-order valence-electron chi connectivity index (χ2n) is 7.59. The number of rotatable bonds is 4. The van der Waals surface area contributed by atoms with Gasteiger partial charge in [0.15, 0.2) is 0 Å². The largest absolute Gasteiger partial charge is 0.463 e. The van der Waals surface area contributed by atoms with Crippen LogP contribution in [0.15, 0.2) is 24.3 Å². The predicted molar refractivity (Wildman–Crippen MR) is 105 cm³/mol. The minimum Gasteiger partial charge on any atom is -0.463 e. The van der Waals surface area contributed by atoms with Crippen LogP contribution in [0.2, 0.25) is 0 Å². The molecule has 4 unspecified atom stereocenters. The van der Waals surface area contributed by atoms with Crippen LogP contribution in [0.25, 0.3) is 0 Å². The number of esters is 2. The molecule has 3 aliphatic rings. The molecule has 0 N–H and O–H groups in total. The van der Waals surface area contributed by atoms with Crippen molar-refractivity contribution >= 4 is 11.9 Å². The van der Waals surface area contributed by atoms with Crippen LogP contribution in [0.3, 0.4) is 0 Å². The van der Waals surface area contributed by atoms with E-state index in [1.165, 1.54) is 23.7 Å². The van der Waals surface area contributed by atoms with Crippen LogP contribution in [0.5, 0.6) is 0 Å². The molecule has 0 radical (unpaired) electrons. The number of carbonyl (C=O) groups excluding carboxylic acids is 2. The minimum absolute atomic E-state index is 0.312. The first kappa shape index (κ1) is 22.5. The quantitative estimate of drug-likeness (QED) is 0.515. The van der Waals surface area contributed by atoms with E-state index >= 15 is 0 Å². The van der Waals surface area contributed by atoms with Gasteiger partial charge in [0.2, 0.25) is 0 Å². The van der Waals surface area contributed by atoms with Crippen molar-refractivity contribution in [3.05, 3.63) is 24.3 Å². The Kier molecular flexibility index (Phi) is 9.68. The summed E-state index contributed by atoms with van der Waals surface area (Å²) in [7, 11) is 0. The van der Waals surface area contributed by atoms with Gasteiger partial charge in [0.05, 0.1) is 13.2 Å². The molecule has 0 saturated heterocycles. The van der Waals surface area contributed by atoms with E-state index in [9.17, 15) is 9.59 Å². The van der Waals surface area contributed by atoms with Gasteiger partial charge < -0.3 is 9.47 Å². The molecule has 2 bridgehead atoms. The van der Waals surface area contributed by atoms with Crippen LogP contribution >= 0.6 is 0 Å². The molecule has 0 spiro atoms. The highest BCUT2D eigenvalue weighted by atomic mass is 16.5. The van der Waals surface area contributed by atoms with E-state index in [1.807, 2.05) is 0 Å². The molecule has 0 aromatic heterocycles. The summed E-state index contributed by atoms with van der Waals surface area (Å²) in [6.45, 7) is 14.4. The third-order valence-electron chi connectivity index (χ3n) is 5.60. The Morgan fingerprint density at radius 1 is 0.808 bits per heavy atom. The average Bonchev–Trinajstić information content (AvgIpc) is 3.31. The van der Waals surface area contributed by atoms with Crippen molar-refractivity contribution in [3.63, 3.8) is 0 Å². The molecule has 26 heavy (non-hydrogen) atoms. The van der Waals surface area contributed by atoms with Gasteiger partial charge in [-0.3, -0.25) is 0 Å². The summed E-state index contributed by atoms with van der Waals surface area (Å²) in [5.74, 6) is 4.17. The molecule has 3 rings (SSSR count). The molecule has 0 heterocycles. The standard InChI is InChI=1S/C10H16.2C6H10O2/c1-2-9-7-4-5-8(6-7)10(9)3-1;2*1-4-8-6(7)5(2)3/h7-10H,1-6H2;2*2,4H2,1,3H3. The lowest BCUT2D eigenvalue weighted by atomic mass is 9.82. The normalized spacial score (nSPS) is 27.2. The topological polar surface area (TPSA) is 52.6 Å². The zero-order valence-electron chi connectivity index (χ0n) is 17.0. The van der Waals surface area contributed by atoms with E-state index in [0.717, 1.165) is 0 Å². The van der Waals surface area contributed by atoms with Gasteiger partial charge in [0, 0.05) is 11.1 Å². The molecule has 0 aromatic carbocycles.